The zero-order valence-corrected chi connectivity index (χ0v) is 9.88. The summed E-state index contributed by atoms with van der Waals surface area (Å²) < 4.78 is 31.5. The van der Waals surface area contributed by atoms with Gasteiger partial charge in [-0.05, 0) is 31.9 Å². The Bertz CT molecular complexity index is 442. The quantitative estimate of drug-likeness (QED) is 0.885. The molecule has 1 rings (SSSR count). The molecule has 0 spiro atoms. The number of rotatable bonds is 4. The van der Waals surface area contributed by atoms with E-state index in [1.165, 1.54) is 19.9 Å². The van der Waals surface area contributed by atoms with Crippen molar-refractivity contribution in [1.29, 1.82) is 0 Å². The molecule has 0 aliphatic rings. The predicted molar refractivity (Wildman–Crippen MR) is 58.0 cm³/mol. The average molecular weight is 244 g/mol. The van der Waals surface area contributed by atoms with Gasteiger partial charge in [0.05, 0.1) is 12.5 Å². The Kier molecular flexibility index (Phi) is 3.70. The number of methoxy groups -OCH3 is 1. The highest BCUT2D eigenvalue weighted by atomic mass is 19.1. The van der Waals surface area contributed by atoms with Crippen LogP contribution in [0.15, 0.2) is 12.1 Å². The highest BCUT2D eigenvalue weighted by Gasteiger charge is 2.29. The fourth-order valence-electron chi connectivity index (χ4n) is 1.45. The Labute approximate surface area is 98.0 Å². The number of aliphatic carboxylic acids is 1. The maximum atomic E-state index is 13.8. The van der Waals surface area contributed by atoms with Gasteiger partial charge in [-0.2, -0.15) is 0 Å². The van der Waals surface area contributed by atoms with Crippen LogP contribution < -0.4 is 4.74 Å². The summed E-state index contributed by atoms with van der Waals surface area (Å²) in [5.74, 6) is -3.17. The summed E-state index contributed by atoms with van der Waals surface area (Å²) in [6.07, 6.45) is -0.0369. The summed E-state index contributed by atoms with van der Waals surface area (Å²) in [5, 5.41) is 8.95. The standard InChI is InChI=1S/C12H14F2O3/c1-12(2,11(15)16)6-7-4-5-8(13)10(17-3)9(7)14/h4-5H,6H2,1-3H3,(H,15,16). The number of carboxylic acid groups (broad SMARTS) is 1. The van der Waals surface area contributed by atoms with Crippen molar-refractivity contribution < 1.29 is 23.4 Å². The molecule has 0 saturated heterocycles. The third kappa shape index (κ3) is 2.72. The van der Waals surface area contributed by atoms with Crippen LogP contribution in [0.3, 0.4) is 0 Å². The molecule has 0 saturated carbocycles. The van der Waals surface area contributed by atoms with Crippen LogP contribution in [0.5, 0.6) is 5.75 Å². The minimum atomic E-state index is -1.12. The van der Waals surface area contributed by atoms with E-state index in [2.05, 4.69) is 4.74 Å². The molecule has 94 valence electrons. The lowest BCUT2D eigenvalue weighted by molar-refractivity contribution is -0.146. The highest BCUT2D eigenvalue weighted by Crippen LogP contribution is 2.29. The second-order valence-corrected chi connectivity index (χ2v) is 4.42. The van der Waals surface area contributed by atoms with Crippen molar-refractivity contribution in [2.24, 2.45) is 5.41 Å². The van der Waals surface area contributed by atoms with Gasteiger partial charge in [-0.25, -0.2) is 8.78 Å². The molecular weight excluding hydrogens is 230 g/mol. The number of carbonyl (C=O) groups is 1. The van der Waals surface area contributed by atoms with Gasteiger partial charge >= 0.3 is 5.97 Å². The molecule has 0 aromatic heterocycles. The minimum absolute atomic E-state index is 0.0369. The van der Waals surface area contributed by atoms with E-state index in [9.17, 15) is 13.6 Å². The van der Waals surface area contributed by atoms with E-state index in [1.54, 1.807) is 0 Å². The number of hydrogen-bond donors (Lipinski definition) is 1. The first kappa shape index (κ1) is 13.4. The molecule has 0 heterocycles. The number of halogens is 2. The highest BCUT2D eigenvalue weighted by molar-refractivity contribution is 5.74. The zero-order valence-electron chi connectivity index (χ0n) is 9.88. The topological polar surface area (TPSA) is 46.5 Å². The molecule has 0 aliphatic heterocycles. The van der Waals surface area contributed by atoms with Crippen LogP contribution in [0.1, 0.15) is 19.4 Å². The number of benzene rings is 1. The average Bonchev–Trinajstić information content (AvgIpc) is 2.23. The van der Waals surface area contributed by atoms with Crippen LogP contribution in [0, 0.1) is 17.0 Å². The van der Waals surface area contributed by atoms with Crippen LogP contribution in [-0.2, 0) is 11.2 Å². The van der Waals surface area contributed by atoms with E-state index >= 15 is 0 Å². The molecular formula is C12H14F2O3. The molecule has 3 nitrogen and oxygen atoms in total. The van der Waals surface area contributed by atoms with E-state index in [0.717, 1.165) is 13.2 Å². The second-order valence-electron chi connectivity index (χ2n) is 4.42. The molecule has 0 atom stereocenters. The Morgan fingerprint density at radius 3 is 2.47 bits per heavy atom. The lowest BCUT2D eigenvalue weighted by Gasteiger charge is -2.19. The van der Waals surface area contributed by atoms with Crippen molar-refractivity contribution in [1.82, 2.24) is 0 Å². The smallest absolute Gasteiger partial charge is 0.309 e. The van der Waals surface area contributed by atoms with Crippen molar-refractivity contribution in [3.63, 3.8) is 0 Å². The zero-order chi connectivity index (χ0) is 13.2. The van der Waals surface area contributed by atoms with Gasteiger partial charge in [-0.15, -0.1) is 0 Å². The fourth-order valence-corrected chi connectivity index (χ4v) is 1.45. The SMILES string of the molecule is COc1c(F)ccc(CC(C)(C)C(=O)O)c1F. The van der Waals surface area contributed by atoms with Gasteiger partial charge in [0.25, 0.3) is 0 Å². The Balaban J connectivity index is 3.13. The van der Waals surface area contributed by atoms with E-state index in [-0.39, 0.29) is 12.0 Å². The van der Waals surface area contributed by atoms with E-state index in [4.69, 9.17) is 5.11 Å². The molecule has 5 heteroatoms. The Morgan fingerprint density at radius 2 is 2.00 bits per heavy atom. The lowest BCUT2D eigenvalue weighted by Crippen LogP contribution is -2.26. The first-order valence-corrected chi connectivity index (χ1v) is 5.04. The summed E-state index contributed by atoms with van der Waals surface area (Å²) in [6.45, 7) is 2.95. The molecule has 1 aromatic carbocycles. The molecule has 0 fully saturated rings. The van der Waals surface area contributed by atoms with Crippen molar-refractivity contribution in [3.8, 4) is 5.75 Å². The molecule has 17 heavy (non-hydrogen) atoms. The molecule has 0 bridgehead atoms. The normalized spacial score (nSPS) is 11.4. The summed E-state index contributed by atoms with van der Waals surface area (Å²) in [4.78, 5) is 10.9. The molecule has 0 amide bonds. The van der Waals surface area contributed by atoms with Crippen LogP contribution in [0.4, 0.5) is 8.78 Å². The van der Waals surface area contributed by atoms with Gasteiger partial charge in [0, 0.05) is 0 Å². The molecule has 1 aromatic rings. The Morgan fingerprint density at radius 1 is 1.41 bits per heavy atom. The number of ether oxygens (including phenoxy) is 1. The van der Waals surface area contributed by atoms with Gasteiger partial charge in [0.1, 0.15) is 0 Å². The van der Waals surface area contributed by atoms with Gasteiger partial charge in [-0.1, -0.05) is 6.07 Å². The van der Waals surface area contributed by atoms with Gasteiger partial charge < -0.3 is 9.84 Å². The summed E-state index contributed by atoms with van der Waals surface area (Å²) in [7, 11) is 1.16. The molecule has 0 radical (unpaired) electrons. The van der Waals surface area contributed by atoms with Gasteiger partial charge in [-0.3, -0.25) is 4.79 Å². The van der Waals surface area contributed by atoms with Gasteiger partial charge in [0.2, 0.25) is 0 Å². The van der Waals surface area contributed by atoms with Crippen molar-refractivity contribution in [2.45, 2.75) is 20.3 Å². The largest absolute Gasteiger partial charge is 0.491 e. The number of hydrogen-bond acceptors (Lipinski definition) is 2. The molecule has 1 N–H and O–H groups in total. The van der Waals surface area contributed by atoms with Crippen LogP contribution in [-0.4, -0.2) is 18.2 Å². The van der Waals surface area contributed by atoms with Gasteiger partial charge in [0.15, 0.2) is 17.4 Å². The second kappa shape index (κ2) is 4.69. The maximum Gasteiger partial charge on any atom is 0.309 e. The fraction of sp³-hybridized carbons (Fsp3) is 0.417. The van der Waals surface area contributed by atoms with E-state index in [1.807, 2.05) is 0 Å². The van der Waals surface area contributed by atoms with E-state index < -0.39 is 28.8 Å². The molecule has 0 unspecified atom stereocenters. The summed E-state index contributed by atoms with van der Waals surface area (Å²) in [6, 6.07) is 2.30. The van der Waals surface area contributed by atoms with Crippen LogP contribution in [0.25, 0.3) is 0 Å². The van der Waals surface area contributed by atoms with Crippen molar-refractivity contribution >= 4 is 5.97 Å². The number of carboxylic acids is 1. The molecule has 0 aliphatic carbocycles. The third-order valence-corrected chi connectivity index (χ3v) is 2.54. The third-order valence-electron chi connectivity index (χ3n) is 2.54. The van der Waals surface area contributed by atoms with E-state index in [0.29, 0.717) is 0 Å². The van der Waals surface area contributed by atoms with Crippen LogP contribution >= 0.6 is 0 Å². The monoisotopic (exact) mass is 244 g/mol. The Hall–Kier alpha value is -1.65. The first-order chi connectivity index (χ1) is 7.79. The van der Waals surface area contributed by atoms with Crippen LogP contribution in [0.2, 0.25) is 0 Å². The summed E-state index contributed by atoms with van der Waals surface area (Å²) in [5.41, 5.74) is -1.00. The minimum Gasteiger partial charge on any atom is -0.491 e. The summed E-state index contributed by atoms with van der Waals surface area (Å²) >= 11 is 0. The predicted octanol–water partition coefficient (Wildman–Crippen LogP) is 2.63. The first-order valence-electron chi connectivity index (χ1n) is 5.04. The lowest BCUT2D eigenvalue weighted by atomic mass is 9.85. The maximum absolute atomic E-state index is 13.8. The van der Waals surface area contributed by atoms with Crippen molar-refractivity contribution in [3.05, 3.63) is 29.3 Å². The van der Waals surface area contributed by atoms with Crippen molar-refractivity contribution in [2.75, 3.05) is 7.11 Å².